The highest BCUT2D eigenvalue weighted by atomic mass is 16.3. The summed E-state index contributed by atoms with van der Waals surface area (Å²) in [6.07, 6.45) is 1.71. The number of nitrogens with two attached hydrogens (primary N) is 1. The zero-order valence-corrected chi connectivity index (χ0v) is 11.2. The summed E-state index contributed by atoms with van der Waals surface area (Å²) in [6.45, 7) is 3.85. The molecule has 0 unspecified atom stereocenters. The summed E-state index contributed by atoms with van der Waals surface area (Å²) in [5.41, 5.74) is 9.37. The first kappa shape index (κ1) is 11.2. The molecule has 3 heterocycles. The van der Waals surface area contributed by atoms with Crippen LogP contribution in [0.2, 0.25) is 0 Å². The fourth-order valence-corrected chi connectivity index (χ4v) is 2.70. The molecule has 0 saturated carbocycles. The third-order valence-electron chi connectivity index (χ3n) is 3.49. The first-order valence-corrected chi connectivity index (χ1v) is 6.36. The minimum Gasteiger partial charge on any atom is -0.461 e. The molecule has 3 aromatic heterocycles. The van der Waals surface area contributed by atoms with E-state index in [0.717, 1.165) is 44.6 Å². The first-order valence-electron chi connectivity index (χ1n) is 6.36. The second kappa shape index (κ2) is 3.66. The van der Waals surface area contributed by atoms with E-state index in [1.54, 1.807) is 6.20 Å². The number of nitrogens with one attached hydrogen (secondary N) is 1. The van der Waals surface area contributed by atoms with Gasteiger partial charge in [0.1, 0.15) is 28.5 Å². The van der Waals surface area contributed by atoms with Crippen LogP contribution in [0.4, 0.5) is 5.82 Å². The van der Waals surface area contributed by atoms with Crippen molar-refractivity contribution in [3.05, 3.63) is 35.9 Å². The summed E-state index contributed by atoms with van der Waals surface area (Å²) in [5.74, 6) is 2.23. The fourth-order valence-electron chi connectivity index (χ4n) is 2.70. The molecule has 5 heteroatoms. The monoisotopic (exact) mass is 267 g/mol. The Bertz CT molecular complexity index is 888. The van der Waals surface area contributed by atoms with Gasteiger partial charge >= 0.3 is 0 Å². The van der Waals surface area contributed by atoms with Gasteiger partial charge in [-0.25, -0.2) is 0 Å². The van der Waals surface area contributed by atoms with Gasteiger partial charge in [-0.05, 0) is 32.0 Å². The zero-order valence-electron chi connectivity index (χ0n) is 11.2. The molecule has 0 fully saturated rings. The van der Waals surface area contributed by atoms with Crippen molar-refractivity contribution < 1.29 is 8.83 Å². The van der Waals surface area contributed by atoms with Crippen LogP contribution in [0.1, 0.15) is 11.5 Å². The molecule has 100 valence electrons. The molecule has 0 radical (unpaired) electrons. The van der Waals surface area contributed by atoms with E-state index in [1.165, 1.54) is 0 Å². The van der Waals surface area contributed by atoms with Gasteiger partial charge in [0.15, 0.2) is 0 Å². The molecule has 4 rings (SSSR count). The molecule has 0 aliphatic heterocycles. The number of H-pyrrole nitrogens is 1. The third-order valence-corrected chi connectivity index (χ3v) is 3.49. The number of aromatic amines is 1. The number of rotatable bonds is 1. The molecule has 20 heavy (non-hydrogen) atoms. The summed E-state index contributed by atoms with van der Waals surface area (Å²) in [6, 6.07) is 5.98. The quantitative estimate of drug-likeness (QED) is 0.550. The van der Waals surface area contributed by atoms with Crippen LogP contribution in [0.3, 0.4) is 0 Å². The van der Waals surface area contributed by atoms with Gasteiger partial charge in [-0.3, -0.25) is 5.10 Å². The van der Waals surface area contributed by atoms with Crippen molar-refractivity contribution in [2.24, 2.45) is 0 Å². The maximum atomic E-state index is 5.98. The molecule has 1 aromatic carbocycles. The lowest BCUT2D eigenvalue weighted by molar-refractivity contribution is 0.576. The topological polar surface area (TPSA) is 81.0 Å². The Labute approximate surface area is 114 Å². The first-order chi connectivity index (χ1) is 9.63. The van der Waals surface area contributed by atoms with Crippen LogP contribution in [-0.4, -0.2) is 10.2 Å². The molecule has 0 aliphatic carbocycles. The van der Waals surface area contributed by atoms with Crippen LogP contribution in [-0.2, 0) is 0 Å². The molecule has 0 bridgehead atoms. The minimum absolute atomic E-state index is 0.520. The third kappa shape index (κ3) is 1.40. The van der Waals surface area contributed by atoms with E-state index < -0.39 is 0 Å². The fraction of sp³-hybridized carbons (Fsp3) is 0.133. The summed E-state index contributed by atoms with van der Waals surface area (Å²) in [7, 11) is 0. The van der Waals surface area contributed by atoms with Gasteiger partial charge in [0.25, 0.3) is 0 Å². The zero-order chi connectivity index (χ0) is 13.9. The maximum absolute atomic E-state index is 5.98. The second-order valence-corrected chi connectivity index (χ2v) is 4.99. The van der Waals surface area contributed by atoms with Crippen molar-refractivity contribution in [2.75, 3.05) is 5.73 Å². The number of furan rings is 2. The van der Waals surface area contributed by atoms with E-state index in [4.69, 9.17) is 14.6 Å². The van der Waals surface area contributed by atoms with Crippen LogP contribution >= 0.6 is 0 Å². The Balaban J connectivity index is 2.25. The van der Waals surface area contributed by atoms with E-state index in [0.29, 0.717) is 5.82 Å². The standard InChI is InChI=1S/C15H13N3O2/c1-7-3-9-5-12-10(4-8(2)19-12)13(14(9)20-7)11-6-17-18-15(11)16/h3-6H,1-2H3,(H3,16,17,18). The number of nitrogens with zero attached hydrogens (tertiary/aromatic N) is 1. The highest BCUT2D eigenvalue weighted by molar-refractivity contribution is 6.10. The minimum atomic E-state index is 0.520. The summed E-state index contributed by atoms with van der Waals surface area (Å²) < 4.78 is 11.6. The van der Waals surface area contributed by atoms with Gasteiger partial charge in [-0.15, -0.1) is 0 Å². The highest BCUT2D eigenvalue weighted by Gasteiger charge is 2.19. The Morgan fingerprint density at radius 1 is 1.10 bits per heavy atom. The Kier molecular flexibility index (Phi) is 2.04. The average Bonchev–Trinajstić information content (AvgIpc) is 3.04. The predicted molar refractivity (Wildman–Crippen MR) is 77.5 cm³/mol. The van der Waals surface area contributed by atoms with Gasteiger partial charge in [-0.1, -0.05) is 0 Å². The average molecular weight is 267 g/mol. The number of hydrogen-bond donors (Lipinski definition) is 2. The predicted octanol–water partition coefficient (Wildman–Crippen LogP) is 3.77. The molecule has 4 aromatic rings. The summed E-state index contributed by atoms with van der Waals surface area (Å²) in [4.78, 5) is 0. The number of benzene rings is 1. The van der Waals surface area contributed by atoms with Gasteiger partial charge < -0.3 is 14.6 Å². The van der Waals surface area contributed by atoms with Gasteiger partial charge in [0.05, 0.1) is 6.20 Å². The Hall–Kier alpha value is -2.69. The lowest BCUT2D eigenvalue weighted by Gasteiger charge is -2.03. The smallest absolute Gasteiger partial charge is 0.143 e. The van der Waals surface area contributed by atoms with Crippen LogP contribution in [0, 0.1) is 13.8 Å². The van der Waals surface area contributed by atoms with Crippen molar-refractivity contribution >= 4 is 27.8 Å². The molecular formula is C15H13N3O2. The molecule has 0 amide bonds. The maximum Gasteiger partial charge on any atom is 0.143 e. The number of fused-ring (bicyclic) bond motifs is 2. The van der Waals surface area contributed by atoms with Crippen LogP contribution in [0.5, 0.6) is 0 Å². The molecular weight excluding hydrogens is 254 g/mol. The largest absolute Gasteiger partial charge is 0.461 e. The van der Waals surface area contributed by atoms with Crippen molar-refractivity contribution in [2.45, 2.75) is 13.8 Å². The van der Waals surface area contributed by atoms with E-state index in [1.807, 2.05) is 32.0 Å². The number of anilines is 1. The van der Waals surface area contributed by atoms with Crippen LogP contribution < -0.4 is 5.73 Å². The van der Waals surface area contributed by atoms with E-state index in [2.05, 4.69) is 10.2 Å². The Morgan fingerprint density at radius 2 is 1.90 bits per heavy atom. The van der Waals surface area contributed by atoms with E-state index in [9.17, 15) is 0 Å². The summed E-state index contributed by atoms with van der Waals surface area (Å²) >= 11 is 0. The second-order valence-electron chi connectivity index (χ2n) is 4.99. The van der Waals surface area contributed by atoms with Gasteiger partial charge in [0.2, 0.25) is 0 Å². The lowest BCUT2D eigenvalue weighted by atomic mass is 10.0. The van der Waals surface area contributed by atoms with Crippen molar-refractivity contribution in [1.82, 2.24) is 10.2 Å². The van der Waals surface area contributed by atoms with E-state index >= 15 is 0 Å². The SMILES string of the molecule is Cc1cc2c(-c3cn[nH]c3N)c3oc(C)cc3cc2o1. The van der Waals surface area contributed by atoms with Gasteiger partial charge in [-0.2, -0.15) is 5.10 Å². The molecule has 0 saturated heterocycles. The number of hydrogen-bond acceptors (Lipinski definition) is 4. The van der Waals surface area contributed by atoms with Crippen LogP contribution in [0.15, 0.2) is 33.2 Å². The normalized spacial score (nSPS) is 11.7. The molecule has 3 N–H and O–H groups in total. The molecule has 0 aliphatic rings. The van der Waals surface area contributed by atoms with Crippen molar-refractivity contribution in [1.29, 1.82) is 0 Å². The number of aryl methyl sites for hydroxylation is 2. The number of nitrogen functional groups attached to an aromatic ring is 1. The molecule has 0 atom stereocenters. The lowest BCUT2D eigenvalue weighted by Crippen LogP contribution is -1.88. The Morgan fingerprint density at radius 3 is 2.65 bits per heavy atom. The van der Waals surface area contributed by atoms with Crippen LogP contribution in [0.25, 0.3) is 33.1 Å². The number of aromatic nitrogens is 2. The highest BCUT2D eigenvalue weighted by Crippen LogP contribution is 2.40. The van der Waals surface area contributed by atoms with Gasteiger partial charge in [0, 0.05) is 21.9 Å². The van der Waals surface area contributed by atoms with E-state index in [-0.39, 0.29) is 0 Å². The molecule has 5 nitrogen and oxygen atoms in total. The molecule has 0 spiro atoms. The summed E-state index contributed by atoms with van der Waals surface area (Å²) in [5, 5.41) is 8.75. The van der Waals surface area contributed by atoms with Crippen molar-refractivity contribution in [3.8, 4) is 11.1 Å². The van der Waals surface area contributed by atoms with Crippen molar-refractivity contribution in [3.63, 3.8) is 0 Å².